The summed E-state index contributed by atoms with van der Waals surface area (Å²) in [6.07, 6.45) is 0. The zero-order chi connectivity index (χ0) is 13.1. The Morgan fingerprint density at radius 3 is 2.44 bits per heavy atom. The maximum absolute atomic E-state index is 13.3. The second-order valence-corrected chi connectivity index (χ2v) is 5.16. The van der Waals surface area contributed by atoms with Crippen molar-refractivity contribution in [1.82, 2.24) is 0 Å². The molecular formula is C14H13FINO. The molecule has 0 aliphatic carbocycles. The molecule has 0 aliphatic heterocycles. The van der Waals surface area contributed by atoms with E-state index in [0.29, 0.717) is 11.3 Å². The highest BCUT2D eigenvalue weighted by molar-refractivity contribution is 14.1. The van der Waals surface area contributed by atoms with Crippen LogP contribution in [0.25, 0.3) is 0 Å². The maximum atomic E-state index is 13.3. The van der Waals surface area contributed by atoms with E-state index < -0.39 is 6.04 Å². The Hall–Kier alpha value is -1.14. The van der Waals surface area contributed by atoms with Gasteiger partial charge in [-0.15, -0.1) is 0 Å². The summed E-state index contributed by atoms with van der Waals surface area (Å²) in [5.74, 6) is 0.286. The van der Waals surface area contributed by atoms with Crippen LogP contribution >= 0.6 is 22.6 Å². The molecule has 0 aromatic heterocycles. The third-order valence-electron chi connectivity index (χ3n) is 2.76. The molecule has 0 bridgehead atoms. The number of hydrogen-bond donors (Lipinski definition) is 1. The van der Waals surface area contributed by atoms with Crippen molar-refractivity contribution >= 4 is 22.6 Å². The summed E-state index contributed by atoms with van der Waals surface area (Å²) in [6, 6.07) is 11.8. The van der Waals surface area contributed by atoms with E-state index in [1.165, 1.54) is 12.1 Å². The topological polar surface area (TPSA) is 35.2 Å². The summed E-state index contributed by atoms with van der Waals surface area (Å²) < 4.78 is 19.7. The van der Waals surface area contributed by atoms with Crippen molar-refractivity contribution in [3.63, 3.8) is 0 Å². The van der Waals surface area contributed by atoms with Crippen LogP contribution in [0.5, 0.6) is 5.75 Å². The van der Waals surface area contributed by atoms with Gasteiger partial charge in [0.15, 0.2) is 0 Å². The van der Waals surface area contributed by atoms with Gasteiger partial charge in [-0.2, -0.15) is 0 Å². The van der Waals surface area contributed by atoms with Crippen molar-refractivity contribution in [2.45, 2.75) is 6.04 Å². The first-order valence-corrected chi connectivity index (χ1v) is 6.54. The second kappa shape index (κ2) is 5.67. The average Bonchev–Trinajstić information content (AvgIpc) is 2.39. The summed E-state index contributed by atoms with van der Waals surface area (Å²) in [5, 5.41) is 0. The highest BCUT2D eigenvalue weighted by Gasteiger charge is 2.14. The van der Waals surface area contributed by atoms with E-state index in [4.69, 9.17) is 10.5 Å². The van der Waals surface area contributed by atoms with E-state index in [-0.39, 0.29) is 5.82 Å². The SMILES string of the molecule is COc1ccc(F)cc1C(N)c1ccc(I)cc1. The highest BCUT2D eigenvalue weighted by atomic mass is 127. The summed E-state index contributed by atoms with van der Waals surface area (Å²) in [6.45, 7) is 0. The molecule has 0 aliphatic rings. The van der Waals surface area contributed by atoms with Crippen LogP contribution in [-0.4, -0.2) is 7.11 Å². The molecule has 2 aromatic carbocycles. The van der Waals surface area contributed by atoms with Crippen LogP contribution in [0.1, 0.15) is 17.2 Å². The minimum absolute atomic E-state index is 0.313. The van der Waals surface area contributed by atoms with Gasteiger partial charge in [0.2, 0.25) is 0 Å². The Morgan fingerprint density at radius 2 is 1.83 bits per heavy atom. The molecule has 4 heteroatoms. The van der Waals surface area contributed by atoms with Gasteiger partial charge in [-0.3, -0.25) is 0 Å². The lowest BCUT2D eigenvalue weighted by atomic mass is 9.99. The Bertz CT molecular complexity index is 542. The molecule has 1 atom stereocenters. The van der Waals surface area contributed by atoms with Crippen LogP contribution in [0.2, 0.25) is 0 Å². The smallest absolute Gasteiger partial charge is 0.124 e. The van der Waals surface area contributed by atoms with Crippen LogP contribution in [0.15, 0.2) is 42.5 Å². The van der Waals surface area contributed by atoms with Gasteiger partial charge in [-0.1, -0.05) is 12.1 Å². The minimum atomic E-state index is -0.396. The Kier molecular flexibility index (Phi) is 4.19. The van der Waals surface area contributed by atoms with Gasteiger partial charge in [-0.05, 0) is 58.5 Å². The molecule has 0 saturated carbocycles. The second-order valence-electron chi connectivity index (χ2n) is 3.92. The predicted molar refractivity (Wildman–Crippen MR) is 78.1 cm³/mol. The zero-order valence-electron chi connectivity index (χ0n) is 9.86. The molecule has 0 spiro atoms. The predicted octanol–water partition coefficient (Wildman–Crippen LogP) is 3.49. The number of benzene rings is 2. The van der Waals surface area contributed by atoms with E-state index >= 15 is 0 Å². The lowest BCUT2D eigenvalue weighted by Crippen LogP contribution is -2.13. The molecule has 2 N–H and O–H groups in total. The maximum Gasteiger partial charge on any atom is 0.124 e. The fourth-order valence-corrected chi connectivity index (χ4v) is 2.16. The third-order valence-corrected chi connectivity index (χ3v) is 3.48. The molecule has 2 nitrogen and oxygen atoms in total. The van der Waals surface area contributed by atoms with Gasteiger partial charge in [0.05, 0.1) is 13.2 Å². The molecule has 2 rings (SSSR count). The quantitative estimate of drug-likeness (QED) is 0.854. The Balaban J connectivity index is 2.41. The van der Waals surface area contributed by atoms with Crippen molar-refractivity contribution < 1.29 is 9.13 Å². The number of ether oxygens (including phenoxy) is 1. The molecule has 0 fully saturated rings. The van der Waals surface area contributed by atoms with Crippen molar-refractivity contribution in [2.75, 3.05) is 7.11 Å². The molecule has 18 heavy (non-hydrogen) atoms. The third kappa shape index (κ3) is 2.81. The van der Waals surface area contributed by atoms with E-state index in [1.54, 1.807) is 13.2 Å². The fourth-order valence-electron chi connectivity index (χ4n) is 1.80. The van der Waals surface area contributed by atoms with Gasteiger partial charge >= 0.3 is 0 Å². The van der Waals surface area contributed by atoms with Crippen molar-refractivity contribution in [2.24, 2.45) is 5.73 Å². The standard InChI is InChI=1S/C14H13FINO/c1-18-13-7-4-10(15)8-12(13)14(17)9-2-5-11(16)6-3-9/h2-8,14H,17H2,1H3. The number of methoxy groups -OCH3 is 1. The fraction of sp³-hybridized carbons (Fsp3) is 0.143. The normalized spacial score (nSPS) is 12.2. The summed E-state index contributed by atoms with van der Waals surface area (Å²) in [4.78, 5) is 0. The van der Waals surface area contributed by atoms with Gasteiger partial charge in [0, 0.05) is 9.13 Å². The number of hydrogen-bond acceptors (Lipinski definition) is 2. The van der Waals surface area contributed by atoms with E-state index in [1.807, 2.05) is 24.3 Å². The first-order valence-electron chi connectivity index (χ1n) is 5.46. The van der Waals surface area contributed by atoms with Crippen LogP contribution < -0.4 is 10.5 Å². The summed E-state index contributed by atoms with van der Waals surface area (Å²) >= 11 is 2.23. The molecular weight excluding hydrogens is 344 g/mol. The number of nitrogens with two attached hydrogens (primary N) is 1. The molecule has 0 heterocycles. The van der Waals surface area contributed by atoms with Gasteiger partial charge in [0.1, 0.15) is 11.6 Å². The molecule has 1 unspecified atom stereocenters. The van der Waals surface area contributed by atoms with Crippen LogP contribution in [0, 0.1) is 9.39 Å². The largest absolute Gasteiger partial charge is 0.496 e. The van der Waals surface area contributed by atoms with Crippen molar-refractivity contribution in [3.05, 3.63) is 63.0 Å². The zero-order valence-corrected chi connectivity index (χ0v) is 12.0. The van der Waals surface area contributed by atoms with E-state index in [0.717, 1.165) is 9.13 Å². The van der Waals surface area contributed by atoms with Crippen molar-refractivity contribution in [1.29, 1.82) is 0 Å². The lowest BCUT2D eigenvalue weighted by Gasteiger charge is -2.16. The first kappa shape index (κ1) is 13.3. The average molecular weight is 357 g/mol. The summed E-state index contributed by atoms with van der Waals surface area (Å²) in [7, 11) is 1.55. The van der Waals surface area contributed by atoms with Gasteiger partial charge < -0.3 is 10.5 Å². The van der Waals surface area contributed by atoms with Gasteiger partial charge in [-0.25, -0.2) is 4.39 Å². The molecule has 0 radical (unpaired) electrons. The minimum Gasteiger partial charge on any atom is -0.496 e. The number of rotatable bonds is 3. The molecule has 0 saturated heterocycles. The molecule has 0 amide bonds. The lowest BCUT2D eigenvalue weighted by molar-refractivity contribution is 0.406. The first-order chi connectivity index (χ1) is 8.61. The van der Waals surface area contributed by atoms with Crippen molar-refractivity contribution in [3.8, 4) is 5.75 Å². The number of halogens is 2. The van der Waals surface area contributed by atoms with E-state index in [9.17, 15) is 4.39 Å². The Morgan fingerprint density at radius 1 is 1.17 bits per heavy atom. The Labute approximate surface area is 119 Å². The van der Waals surface area contributed by atoms with Crippen LogP contribution in [-0.2, 0) is 0 Å². The van der Waals surface area contributed by atoms with E-state index in [2.05, 4.69) is 22.6 Å². The molecule has 2 aromatic rings. The van der Waals surface area contributed by atoms with Crippen LogP contribution in [0.4, 0.5) is 4.39 Å². The molecule has 94 valence electrons. The highest BCUT2D eigenvalue weighted by Crippen LogP contribution is 2.29. The van der Waals surface area contributed by atoms with Crippen LogP contribution in [0.3, 0.4) is 0 Å². The van der Waals surface area contributed by atoms with Gasteiger partial charge in [0.25, 0.3) is 0 Å². The summed E-state index contributed by atoms with van der Waals surface area (Å²) in [5.41, 5.74) is 7.74. The monoisotopic (exact) mass is 357 g/mol.